The van der Waals surface area contributed by atoms with Crippen molar-refractivity contribution in [1.82, 2.24) is 10.2 Å². The second kappa shape index (κ2) is 10.8. The number of allylic oxidation sites excluding steroid dienone is 1. The van der Waals surface area contributed by atoms with Crippen LogP contribution in [0.3, 0.4) is 0 Å². The van der Waals surface area contributed by atoms with Crippen LogP contribution in [0.25, 0.3) is 0 Å². The zero-order valence-corrected chi connectivity index (χ0v) is 14.8. The molecule has 0 aliphatic rings. The second-order valence-electron chi connectivity index (χ2n) is 5.68. The van der Waals surface area contributed by atoms with Gasteiger partial charge < -0.3 is 15.0 Å². The van der Waals surface area contributed by atoms with Crippen LogP contribution in [0.5, 0.6) is 0 Å². The summed E-state index contributed by atoms with van der Waals surface area (Å²) < 4.78 is 40.8. The molecule has 25 heavy (non-hydrogen) atoms. The van der Waals surface area contributed by atoms with Crippen LogP contribution >= 0.6 is 0 Å². The molecule has 0 fully saturated rings. The Morgan fingerprint density at radius 1 is 1.28 bits per heavy atom. The maximum atomic E-state index is 12.0. The van der Waals surface area contributed by atoms with E-state index in [2.05, 4.69) is 21.6 Å². The van der Waals surface area contributed by atoms with Gasteiger partial charge in [-0.1, -0.05) is 30.3 Å². The number of nitrogens with one attached hydrogen (secondary N) is 1. The van der Waals surface area contributed by atoms with Gasteiger partial charge in [-0.25, -0.2) is 0 Å². The van der Waals surface area contributed by atoms with Crippen LogP contribution in [-0.4, -0.2) is 44.3 Å². The molecule has 0 aromatic heterocycles. The van der Waals surface area contributed by atoms with E-state index >= 15 is 0 Å². The summed E-state index contributed by atoms with van der Waals surface area (Å²) in [6.45, 7) is 3.88. The highest BCUT2D eigenvalue weighted by Gasteiger charge is 2.27. The highest BCUT2D eigenvalue weighted by atomic mass is 19.4. The number of unbranched alkanes of at least 4 members (excludes halogenated alkanes) is 1. The van der Waals surface area contributed by atoms with Gasteiger partial charge in [0.25, 0.3) is 0 Å². The van der Waals surface area contributed by atoms with Gasteiger partial charge in [0.1, 0.15) is 6.61 Å². The Balaban J connectivity index is 2.42. The number of alkyl halides is 3. The SMILES string of the molecule is C=CCCCN(C)C(=NC)NCc1ccc(COCC(F)(F)F)cc1. The van der Waals surface area contributed by atoms with Crippen LogP contribution in [0.15, 0.2) is 41.9 Å². The molecule has 0 aliphatic carbocycles. The summed E-state index contributed by atoms with van der Waals surface area (Å²) in [5.41, 5.74) is 1.72. The molecule has 140 valence electrons. The molecule has 1 N–H and O–H groups in total. The molecule has 7 heteroatoms. The summed E-state index contributed by atoms with van der Waals surface area (Å²) in [7, 11) is 3.70. The summed E-state index contributed by atoms with van der Waals surface area (Å²) in [5.74, 6) is 0.793. The minimum absolute atomic E-state index is 0.0546. The first-order valence-corrected chi connectivity index (χ1v) is 8.10. The molecule has 0 amide bonds. The third-order valence-electron chi connectivity index (χ3n) is 3.48. The van der Waals surface area contributed by atoms with Crippen molar-refractivity contribution in [3.63, 3.8) is 0 Å². The van der Waals surface area contributed by atoms with Gasteiger partial charge >= 0.3 is 6.18 Å². The van der Waals surface area contributed by atoms with Crippen molar-refractivity contribution in [2.75, 3.05) is 27.2 Å². The van der Waals surface area contributed by atoms with E-state index in [1.54, 1.807) is 19.2 Å². The van der Waals surface area contributed by atoms with E-state index in [0.29, 0.717) is 12.1 Å². The fourth-order valence-corrected chi connectivity index (χ4v) is 2.18. The molecule has 0 bridgehead atoms. The van der Waals surface area contributed by atoms with Gasteiger partial charge in [0.05, 0.1) is 6.61 Å². The summed E-state index contributed by atoms with van der Waals surface area (Å²) in [6, 6.07) is 7.27. The second-order valence-corrected chi connectivity index (χ2v) is 5.68. The molecule has 0 unspecified atom stereocenters. The first-order chi connectivity index (χ1) is 11.9. The topological polar surface area (TPSA) is 36.9 Å². The average molecular weight is 357 g/mol. The van der Waals surface area contributed by atoms with Gasteiger partial charge in [0.15, 0.2) is 5.96 Å². The molecule has 0 heterocycles. The lowest BCUT2D eigenvalue weighted by Crippen LogP contribution is -2.38. The summed E-state index contributed by atoms with van der Waals surface area (Å²) in [6.07, 6.45) is -0.437. The van der Waals surface area contributed by atoms with Crippen molar-refractivity contribution in [1.29, 1.82) is 0 Å². The molecule has 1 aromatic carbocycles. The Labute approximate surface area is 147 Å². The summed E-state index contributed by atoms with van der Waals surface area (Å²) in [5, 5.41) is 3.27. The van der Waals surface area contributed by atoms with Crippen molar-refractivity contribution < 1.29 is 17.9 Å². The fourth-order valence-electron chi connectivity index (χ4n) is 2.18. The molecule has 0 aliphatic heterocycles. The lowest BCUT2D eigenvalue weighted by Gasteiger charge is -2.22. The van der Waals surface area contributed by atoms with Crippen molar-refractivity contribution in [2.45, 2.75) is 32.2 Å². The van der Waals surface area contributed by atoms with E-state index in [1.807, 2.05) is 30.2 Å². The lowest BCUT2D eigenvalue weighted by atomic mass is 10.1. The van der Waals surface area contributed by atoms with E-state index in [-0.39, 0.29) is 6.61 Å². The number of benzene rings is 1. The van der Waals surface area contributed by atoms with Crippen molar-refractivity contribution in [3.8, 4) is 0 Å². The number of rotatable bonds is 9. The van der Waals surface area contributed by atoms with E-state index in [0.717, 1.165) is 30.9 Å². The monoisotopic (exact) mass is 357 g/mol. The van der Waals surface area contributed by atoms with Crippen LogP contribution in [0.2, 0.25) is 0 Å². The van der Waals surface area contributed by atoms with Gasteiger partial charge in [0.2, 0.25) is 0 Å². The van der Waals surface area contributed by atoms with Gasteiger partial charge in [-0.3, -0.25) is 4.99 Å². The van der Waals surface area contributed by atoms with Crippen LogP contribution in [0.4, 0.5) is 13.2 Å². The number of guanidine groups is 1. The molecule has 4 nitrogen and oxygen atoms in total. The molecule has 1 rings (SSSR count). The molecule has 0 radical (unpaired) electrons. The summed E-state index contributed by atoms with van der Waals surface area (Å²) in [4.78, 5) is 6.29. The number of ether oxygens (including phenoxy) is 1. The first-order valence-electron chi connectivity index (χ1n) is 8.10. The average Bonchev–Trinajstić information content (AvgIpc) is 2.56. The van der Waals surface area contributed by atoms with E-state index in [1.165, 1.54) is 0 Å². The Morgan fingerprint density at radius 3 is 2.48 bits per heavy atom. The maximum absolute atomic E-state index is 12.0. The maximum Gasteiger partial charge on any atom is 0.411 e. The van der Waals surface area contributed by atoms with Crippen LogP contribution in [-0.2, 0) is 17.9 Å². The molecule has 0 saturated carbocycles. The number of nitrogens with zero attached hydrogens (tertiary/aromatic N) is 2. The third-order valence-corrected chi connectivity index (χ3v) is 3.48. The highest BCUT2D eigenvalue weighted by Crippen LogP contribution is 2.15. The van der Waals surface area contributed by atoms with Crippen molar-refractivity contribution in [3.05, 3.63) is 48.0 Å². The minimum Gasteiger partial charge on any atom is -0.367 e. The van der Waals surface area contributed by atoms with Crippen LogP contribution in [0, 0.1) is 0 Å². The fraction of sp³-hybridized carbons (Fsp3) is 0.500. The van der Waals surface area contributed by atoms with Crippen molar-refractivity contribution in [2.24, 2.45) is 4.99 Å². The Hall–Kier alpha value is -2.02. The first kappa shape index (κ1) is 21.0. The molecular formula is C18H26F3N3O. The quantitative estimate of drug-likeness (QED) is 0.317. The van der Waals surface area contributed by atoms with Gasteiger partial charge in [-0.2, -0.15) is 13.2 Å². The zero-order chi connectivity index (χ0) is 18.7. The Morgan fingerprint density at radius 2 is 1.92 bits per heavy atom. The zero-order valence-electron chi connectivity index (χ0n) is 14.8. The standard InChI is InChI=1S/C18H26F3N3O/c1-4-5-6-11-24(3)17(22-2)23-12-15-7-9-16(10-8-15)13-25-14-18(19,20)21/h4,7-10H,1,5-6,11-14H2,2-3H3,(H,22,23). The normalized spacial score (nSPS) is 12.1. The smallest absolute Gasteiger partial charge is 0.367 e. The number of aliphatic imine (C=N–C) groups is 1. The van der Waals surface area contributed by atoms with E-state index < -0.39 is 12.8 Å². The van der Waals surface area contributed by atoms with E-state index in [4.69, 9.17) is 0 Å². The van der Waals surface area contributed by atoms with Gasteiger partial charge in [-0.05, 0) is 24.0 Å². The third kappa shape index (κ3) is 9.14. The Bertz CT molecular complexity index is 541. The minimum atomic E-state index is -4.29. The molecular weight excluding hydrogens is 331 g/mol. The number of hydrogen-bond donors (Lipinski definition) is 1. The lowest BCUT2D eigenvalue weighted by molar-refractivity contribution is -0.176. The Kier molecular flexibility index (Phi) is 9.05. The largest absolute Gasteiger partial charge is 0.411 e. The van der Waals surface area contributed by atoms with Crippen LogP contribution in [0.1, 0.15) is 24.0 Å². The van der Waals surface area contributed by atoms with Crippen LogP contribution < -0.4 is 5.32 Å². The predicted octanol–water partition coefficient (Wildman–Crippen LogP) is 3.74. The van der Waals surface area contributed by atoms with Gasteiger partial charge in [-0.15, -0.1) is 6.58 Å². The highest BCUT2D eigenvalue weighted by molar-refractivity contribution is 5.79. The predicted molar refractivity (Wildman–Crippen MR) is 94.4 cm³/mol. The molecule has 0 atom stereocenters. The molecule has 1 aromatic rings. The number of halogens is 3. The van der Waals surface area contributed by atoms with E-state index in [9.17, 15) is 13.2 Å². The molecule has 0 spiro atoms. The summed E-state index contributed by atoms with van der Waals surface area (Å²) >= 11 is 0. The molecule has 0 saturated heterocycles. The van der Waals surface area contributed by atoms with Crippen molar-refractivity contribution >= 4 is 5.96 Å². The van der Waals surface area contributed by atoms with Gasteiger partial charge in [0, 0.05) is 27.2 Å². The number of hydrogen-bond acceptors (Lipinski definition) is 2.